The molecule has 1 aromatic carbocycles. The summed E-state index contributed by atoms with van der Waals surface area (Å²) in [6.45, 7) is 4.32. The van der Waals surface area contributed by atoms with Gasteiger partial charge in [0.25, 0.3) is 5.96 Å². The second-order valence-electron chi connectivity index (χ2n) is 5.09. The van der Waals surface area contributed by atoms with Crippen molar-refractivity contribution >= 4 is 23.0 Å². The molecule has 0 amide bonds. The van der Waals surface area contributed by atoms with Crippen molar-refractivity contribution in [2.45, 2.75) is 26.2 Å². The average Bonchev–Trinajstić information content (AvgIpc) is 2.49. The van der Waals surface area contributed by atoms with Crippen LogP contribution in [0.3, 0.4) is 0 Å². The molecule has 128 valence electrons. The highest BCUT2D eigenvalue weighted by molar-refractivity contribution is 5.76. The summed E-state index contributed by atoms with van der Waals surface area (Å²) < 4.78 is 0. The Morgan fingerprint density at radius 2 is 2.04 bits per heavy atom. The lowest BCUT2D eigenvalue weighted by molar-refractivity contribution is -0.525. The number of guanidine groups is 1. The van der Waals surface area contributed by atoms with Crippen LogP contribution in [0.25, 0.3) is 0 Å². The number of anilines is 3. The van der Waals surface area contributed by atoms with Crippen LogP contribution in [0.15, 0.2) is 23.2 Å². The zero-order chi connectivity index (χ0) is 17.2. The van der Waals surface area contributed by atoms with E-state index < -0.39 is 5.03 Å². The molecule has 0 heterocycles. The molecule has 0 bridgehead atoms. The number of nitrogens with one attached hydrogen (secondary N) is 1. The number of aliphatic imine (C=N–C) groups is 1. The molecule has 0 aliphatic carbocycles. The molecule has 0 atom stereocenters. The molecular formula is C14H25N7O2. The third-order valence-corrected chi connectivity index (χ3v) is 3.39. The second-order valence-corrected chi connectivity index (χ2v) is 5.09. The highest BCUT2D eigenvalue weighted by Gasteiger charge is 2.06. The molecule has 0 unspecified atom stereocenters. The van der Waals surface area contributed by atoms with E-state index in [1.165, 1.54) is 0 Å². The average molecular weight is 323 g/mol. The molecule has 23 heavy (non-hydrogen) atoms. The van der Waals surface area contributed by atoms with Gasteiger partial charge in [0, 0.05) is 25.3 Å². The summed E-state index contributed by atoms with van der Waals surface area (Å²) in [5.74, 6) is -0.164. The number of hydrogen-bond donors (Lipinski definition) is 4. The van der Waals surface area contributed by atoms with Gasteiger partial charge in [-0.05, 0) is 44.4 Å². The maximum atomic E-state index is 10.1. The Balaban J connectivity index is 2.33. The largest absolute Gasteiger partial charge is 0.397 e. The Bertz CT molecular complexity index is 548. The molecule has 0 aliphatic rings. The number of rotatable bonds is 9. The smallest absolute Gasteiger partial charge is 0.251 e. The van der Waals surface area contributed by atoms with Crippen LogP contribution in [-0.2, 0) is 0 Å². The Morgan fingerprint density at radius 1 is 1.30 bits per heavy atom. The molecule has 0 saturated carbocycles. The van der Waals surface area contributed by atoms with Gasteiger partial charge in [-0.1, -0.05) is 5.43 Å². The molecular weight excluding hydrogens is 298 g/mol. The van der Waals surface area contributed by atoms with Gasteiger partial charge in [-0.15, -0.1) is 0 Å². The van der Waals surface area contributed by atoms with Gasteiger partial charge in [-0.25, -0.2) is 15.1 Å². The Hall–Kier alpha value is -2.71. The number of hydrazine groups is 1. The number of nitro groups is 1. The molecule has 0 fully saturated rings. The highest BCUT2D eigenvalue weighted by atomic mass is 16.7. The third kappa shape index (κ3) is 6.72. The third-order valence-electron chi connectivity index (χ3n) is 3.39. The van der Waals surface area contributed by atoms with Crippen molar-refractivity contribution in [2.75, 3.05) is 36.0 Å². The first-order valence-electron chi connectivity index (χ1n) is 7.55. The van der Waals surface area contributed by atoms with Crippen molar-refractivity contribution in [3.63, 3.8) is 0 Å². The highest BCUT2D eigenvalue weighted by Crippen LogP contribution is 2.23. The minimum Gasteiger partial charge on any atom is -0.397 e. The minimum absolute atomic E-state index is 0.164. The number of benzene rings is 1. The SMILES string of the molecule is CCN(CCCCCN=C(N)N[N+](=O)[O-])c1ccc(N)c(N)c1. The van der Waals surface area contributed by atoms with Crippen LogP contribution < -0.4 is 27.5 Å². The fourth-order valence-electron chi connectivity index (χ4n) is 2.15. The van der Waals surface area contributed by atoms with Crippen molar-refractivity contribution in [1.82, 2.24) is 5.43 Å². The topological polar surface area (TPSA) is 149 Å². The molecule has 0 aromatic heterocycles. The van der Waals surface area contributed by atoms with Crippen molar-refractivity contribution in [3.8, 4) is 0 Å². The lowest BCUT2D eigenvalue weighted by Crippen LogP contribution is -2.36. The van der Waals surface area contributed by atoms with E-state index in [0.717, 1.165) is 38.0 Å². The molecule has 7 N–H and O–H groups in total. The lowest BCUT2D eigenvalue weighted by atomic mass is 10.2. The van der Waals surface area contributed by atoms with E-state index in [0.29, 0.717) is 17.9 Å². The van der Waals surface area contributed by atoms with E-state index in [-0.39, 0.29) is 5.96 Å². The number of unbranched alkanes of at least 4 members (excludes halogenated alkanes) is 2. The standard InChI is InChI=1S/C14H25N7O2/c1-2-20(11-6-7-12(15)13(16)10-11)9-5-3-4-8-18-14(17)19-21(22)23/h6-7,10H,2-5,8-9,15-16H2,1H3,(H3,17,18,19). The van der Waals surface area contributed by atoms with Crippen LogP contribution in [0.4, 0.5) is 17.1 Å². The van der Waals surface area contributed by atoms with E-state index >= 15 is 0 Å². The lowest BCUT2D eigenvalue weighted by Gasteiger charge is -2.23. The first-order valence-corrected chi connectivity index (χ1v) is 7.55. The predicted molar refractivity (Wildman–Crippen MR) is 93.6 cm³/mol. The van der Waals surface area contributed by atoms with Gasteiger partial charge in [-0.3, -0.25) is 0 Å². The van der Waals surface area contributed by atoms with Crippen LogP contribution in [0.5, 0.6) is 0 Å². The van der Waals surface area contributed by atoms with Crippen molar-refractivity contribution in [3.05, 3.63) is 28.3 Å². The van der Waals surface area contributed by atoms with E-state index in [1.54, 1.807) is 0 Å². The number of nitrogens with zero attached hydrogens (tertiary/aromatic N) is 3. The second kappa shape index (κ2) is 9.34. The van der Waals surface area contributed by atoms with E-state index in [9.17, 15) is 10.1 Å². The van der Waals surface area contributed by atoms with E-state index in [2.05, 4.69) is 16.8 Å². The fourth-order valence-corrected chi connectivity index (χ4v) is 2.15. The molecule has 0 aliphatic heterocycles. The van der Waals surface area contributed by atoms with Crippen LogP contribution >= 0.6 is 0 Å². The van der Waals surface area contributed by atoms with Gasteiger partial charge in [0.1, 0.15) is 0 Å². The van der Waals surface area contributed by atoms with Gasteiger partial charge < -0.3 is 22.1 Å². The van der Waals surface area contributed by atoms with E-state index in [1.807, 2.05) is 23.6 Å². The van der Waals surface area contributed by atoms with Crippen LogP contribution in [0.1, 0.15) is 26.2 Å². The predicted octanol–water partition coefficient (Wildman–Crippen LogP) is 0.944. The first-order chi connectivity index (χ1) is 10.9. The van der Waals surface area contributed by atoms with Crippen LogP contribution in [0.2, 0.25) is 0 Å². The molecule has 9 heteroatoms. The number of nitrogens with two attached hydrogens (primary N) is 3. The quantitative estimate of drug-likeness (QED) is 0.132. The fraction of sp³-hybridized carbons (Fsp3) is 0.500. The number of nitrogen functional groups attached to an aromatic ring is 2. The molecule has 1 rings (SSSR count). The summed E-state index contributed by atoms with van der Waals surface area (Å²) >= 11 is 0. The maximum absolute atomic E-state index is 10.1. The summed E-state index contributed by atoms with van der Waals surface area (Å²) in [4.78, 5) is 16.2. The van der Waals surface area contributed by atoms with Gasteiger partial charge in [0.05, 0.1) is 11.4 Å². The Labute approximate surface area is 135 Å². The summed E-state index contributed by atoms with van der Waals surface area (Å²) in [7, 11) is 0. The zero-order valence-corrected chi connectivity index (χ0v) is 13.4. The molecule has 1 aromatic rings. The van der Waals surface area contributed by atoms with Gasteiger partial charge in [0.15, 0.2) is 5.03 Å². The summed E-state index contributed by atoms with van der Waals surface area (Å²) in [6, 6.07) is 5.66. The van der Waals surface area contributed by atoms with E-state index in [4.69, 9.17) is 17.2 Å². The van der Waals surface area contributed by atoms with Gasteiger partial charge >= 0.3 is 0 Å². The zero-order valence-electron chi connectivity index (χ0n) is 13.4. The van der Waals surface area contributed by atoms with Crippen molar-refractivity contribution in [2.24, 2.45) is 10.7 Å². The van der Waals surface area contributed by atoms with Gasteiger partial charge in [0.2, 0.25) is 0 Å². The Kier molecular flexibility index (Phi) is 7.44. The normalized spacial score (nSPS) is 11.3. The van der Waals surface area contributed by atoms with Crippen molar-refractivity contribution < 1.29 is 5.03 Å². The molecule has 0 spiro atoms. The minimum atomic E-state index is -0.726. The van der Waals surface area contributed by atoms with Crippen molar-refractivity contribution in [1.29, 1.82) is 0 Å². The van der Waals surface area contributed by atoms with Crippen LogP contribution in [0, 0.1) is 10.1 Å². The summed E-state index contributed by atoms with van der Waals surface area (Å²) in [6.07, 6.45) is 2.76. The molecule has 0 radical (unpaired) electrons. The monoisotopic (exact) mass is 323 g/mol. The number of hydrogen-bond acceptors (Lipinski definition) is 6. The van der Waals surface area contributed by atoms with Crippen LogP contribution in [-0.4, -0.2) is 30.6 Å². The van der Waals surface area contributed by atoms with Gasteiger partial charge in [-0.2, -0.15) is 0 Å². The Morgan fingerprint density at radius 3 is 2.65 bits per heavy atom. The summed E-state index contributed by atoms with van der Waals surface area (Å²) in [5.41, 5.74) is 20.9. The first kappa shape index (κ1) is 18.3. The molecule has 9 nitrogen and oxygen atoms in total. The molecule has 0 saturated heterocycles. The summed E-state index contributed by atoms with van der Waals surface area (Å²) in [5, 5.41) is 9.42. The maximum Gasteiger partial charge on any atom is 0.251 e.